The van der Waals surface area contributed by atoms with E-state index in [0.717, 1.165) is 29.8 Å². The van der Waals surface area contributed by atoms with Crippen molar-refractivity contribution in [2.75, 3.05) is 18.6 Å². The zero-order chi connectivity index (χ0) is 14.3. The van der Waals surface area contributed by atoms with Crippen molar-refractivity contribution in [2.45, 2.75) is 18.4 Å². The van der Waals surface area contributed by atoms with Gasteiger partial charge in [0, 0.05) is 37.6 Å². The molecule has 1 N–H and O–H groups in total. The minimum absolute atomic E-state index is 0.139. The van der Waals surface area contributed by atoms with E-state index in [4.69, 9.17) is 11.6 Å². The van der Waals surface area contributed by atoms with Gasteiger partial charge in [0.1, 0.15) is 5.82 Å². The van der Waals surface area contributed by atoms with E-state index in [2.05, 4.69) is 15.0 Å². The monoisotopic (exact) mass is 292 g/mol. The third-order valence-corrected chi connectivity index (χ3v) is 4.21. The maximum Gasteiger partial charge on any atom is 0.136 e. The number of hydrogen-bond acceptors (Lipinski definition) is 4. The van der Waals surface area contributed by atoms with Crippen LogP contribution in [0.3, 0.4) is 0 Å². The largest absolute Gasteiger partial charge is 0.394 e. The van der Waals surface area contributed by atoms with Crippen molar-refractivity contribution in [3.63, 3.8) is 0 Å². The summed E-state index contributed by atoms with van der Waals surface area (Å²) in [6.07, 6.45) is 7.33. The lowest BCUT2D eigenvalue weighted by atomic mass is 10.1. The van der Waals surface area contributed by atoms with Crippen LogP contribution in [-0.4, -0.2) is 39.1 Å². The smallest absolute Gasteiger partial charge is 0.136 e. The topological polar surface area (TPSA) is 54.2 Å². The lowest BCUT2D eigenvalue weighted by molar-refractivity contribution is 0.252. The van der Waals surface area contributed by atoms with Gasteiger partial charge in [0.2, 0.25) is 0 Å². The lowest BCUT2D eigenvalue weighted by Crippen LogP contribution is -2.37. The number of likely N-dealkylation sites (N-methyl/N-ethyl adjacent to an activating group) is 1. The molecule has 0 atom stereocenters. The van der Waals surface area contributed by atoms with Gasteiger partial charge in [0.25, 0.3) is 0 Å². The van der Waals surface area contributed by atoms with Crippen LogP contribution < -0.4 is 4.90 Å². The normalized spacial score (nSPS) is 16.2. The highest BCUT2D eigenvalue weighted by Gasteiger charge is 2.47. The summed E-state index contributed by atoms with van der Waals surface area (Å²) in [7, 11) is 3.85. The first-order chi connectivity index (χ1) is 9.55. The van der Waals surface area contributed by atoms with Gasteiger partial charge in [-0.05, 0) is 18.9 Å². The van der Waals surface area contributed by atoms with Gasteiger partial charge in [0.15, 0.2) is 0 Å². The van der Waals surface area contributed by atoms with Gasteiger partial charge in [0.05, 0.1) is 23.4 Å². The predicted octanol–water partition coefficient (Wildman–Crippen LogP) is 2.10. The van der Waals surface area contributed by atoms with Crippen molar-refractivity contribution in [1.82, 2.24) is 14.8 Å². The summed E-state index contributed by atoms with van der Waals surface area (Å²) in [6, 6.07) is 1.89. The van der Waals surface area contributed by atoms with E-state index in [1.807, 2.05) is 26.4 Å². The summed E-state index contributed by atoms with van der Waals surface area (Å²) in [5.74, 6) is 0.828. The molecule has 0 spiro atoms. The number of halogens is 1. The van der Waals surface area contributed by atoms with Gasteiger partial charge >= 0.3 is 0 Å². The average Bonchev–Trinajstić information content (AvgIpc) is 3.13. The van der Waals surface area contributed by atoms with Crippen molar-refractivity contribution in [3.8, 4) is 11.1 Å². The highest BCUT2D eigenvalue weighted by molar-refractivity contribution is 6.30. The van der Waals surface area contributed by atoms with Crippen molar-refractivity contribution in [3.05, 3.63) is 29.7 Å². The maximum absolute atomic E-state index is 9.60. The Kier molecular flexibility index (Phi) is 3.18. The number of aryl methyl sites for hydroxylation is 1. The van der Waals surface area contributed by atoms with E-state index in [0.29, 0.717) is 5.02 Å². The van der Waals surface area contributed by atoms with Crippen LogP contribution in [0.2, 0.25) is 5.02 Å². The molecule has 0 radical (unpaired) electrons. The van der Waals surface area contributed by atoms with Crippen LogP contribution in [0.1, 0.15) is 12.8 Å². The first-order valence-corrected chi connectivity index (χ1v) is 6.93. The molecule has 0 bridgehead atoms. The second-order valence-corrected chi connectivity index (χ2v) is 5.81. The van der Waals surface area contributed by atoms with Crippen LogP contribution >= 0.6 is 11.6 Å². The van der Waals surface area contributed by atoms with Crippen LogP contribution in [0.25, 0.3) is 11.1 Å². The molecule has 0 amide bonds. The molecule has 1 aliphatic carbocycles. The van der Waals surface area contributed by atoms with Crippen LogP contribution in [0, 0.1) is 0 Å². The predicted molar refractivity (Wildman–Crippen MR) is 78.9 cm³/mol. The van der Waals surface area contributed by atoms with Crippen LogP contribution in [-0.2, 0) is 7.05 Å². The molecule has 1 fully saturated rings. The number of rotatable bonds is 4. The van der Waals surface area contributed by atoms with Gasteiger partial charge in [-0.25, -0.2) is 4.98 Å². The van der Waals surface area contributed by atoms with Crippen molar-refractivity contribution < 1.29 is 5.11 Å². The minimum Gasteiger partial charge on any atom is -0.394 e. The molecule has 20 heavy (non-hydrogen) atoms. The van der Waals surface area contributed by atoms with Crippen LogP contribution in [0.15, 0.2) is 24.7 Å². The summed E-state index contributed by atoms with van der Waals surface area (Å²) in [5.41, 5.74) is 1.74. The number of anilines is 1. The number of nitrogens with zero attached hydrogens (tertiary/aromatic N) is 4. The number of hydrogen-bond donors (Lipinski definition) is 1. The molecule has 6 heteroatoms. The number of aliphatic hydroxyl groups is 1. The average molecular weight is 293 g/mol. The summed E-state index contributed by atoms with van der Waals surface area (Å²) < 4.78 is 1.75. The first-order valence-electron chi connectivity index (χ1n) is 6.55. The van der Waals surface area contributed by atoms with E-state index in [1.54, 1.807) is 17.1 Å². The van der Waals surface area contributed by atoms with Crippen LogP contribution in [0.5, 0.6) is 0 Å². The first kappa shape index (κ1) is 13.4. The lowest BCUT2D eigenvalue weighted by Gasteiger charge is -2.29. The fraction of sp³-hybridized carbons (Fsp3) is 0.429. The number of aliphatic hydroxyl groups excluding tert-OH is 1. The Balaban J connectivity index is 2.07. The second kappa shape index (κ2) is 4.75. The molecule has 3 rings (SSSR count). The molecular weight excluding hydrogens is 276 g/mol. The molecular formula is C14H17ClN4O. The Morgan fingerprint density at radius 1 is 1.45 bits per heavy atom. The van der Waals surface area contributed by atoms with Gasteiger partial charge < -0.3 is 10.0 Å². The molecule has 1 saturated carbocycles. The van der Waals surface area contributed by atoms with Crippen molar-refractivity contribution >= 4 is 17.4 Å². The third kappa shape index (κ3) is 2.17. The summed E-state index contributed by atoms with van der Waals surface area (Å²) in [5, 5.41) is 14.4. The SMILES string of the molecule is CN(c1ncc(Cl)cc1-c1cnn(C)c1)C1(CO)CC1. The van der Waals surface area contributed by atoms with Gasteiger partial charge in [-0.2, -0.15) is 5.10 Å². The van der Waals surface area contributed by atoms with Crippen molar-refractivity contribution in [1.29, 1.82) is 0 Å². The Labute approximate surface area is 122 Å². The highest BCUT2D eigenvalue weighted by Crippen LogP contribution is 2.44. The van der Waals surface area contributed by atoms with Gasteiger partial charge in [-0.1, -0.05) is 11.6 Å². The third-order valence-electron chi connectivity index (χ3n) is 4.00. The number of pyridine rings is 1. The van der Waals surface area contributed by atoms with E-state index >= 15 is 0 Å². The number of aromatic nitrogens is 3. The Morgan fingerprint density at radius 3 is 2.75 bits per heavy atom. The molecule has 0 unspecified atom stereocenters. The standard InChI is InChI=1S/C14H17ClN4O/c1-18-8-10(6-17-18)12-5-11(15)7-16-13(12)19(2)14(9-20)3-4-14/h5-8,20H,3-4,9H2,1-2H3. The Hall–Kier alpha value is -1.59. The van der Waals surface area contributed by atoms with Gasteiger partial charge in [-0.15, -0.1) is 0 Å². The summed E-state index contributed by atoms with van der Waals surface area (Å²) in [4.78, 5) is 6.53. The second-order valence-electron chi connectivity index (χ2n) is 5.37. The fourth-order valence-corrected chi connectivity index (χ4v) is 2.60. The zero-order valence-electron chi connectivity index (χ0n) is 11.5. The molecule has 0 aromatic carbocycles. The molecule has 0 saturated heterocycles. The summed E-state index contributed by atoms with van der Waals surface area (Å²) in [6.45, 7) is 0.139. The van der Waals surface area contributed by atoms with Crippen molar-refractivity contribution in [2.24, 2.45) is 7.05 Å². The molecule has 2 heterocycles. The van der Waals surface area contributed by atoms with Crippen LogP contribution in [0.4, 0.5) is 5.82 Å². The van der Waals surface area contributed by atoms with E-state index in [-0.39, 0.29) is 12.1 Å². The van der Waals surface area contributed by atoms with Gasteiger partial charge in [-0.3, -0.25) is 4.68 Å². The fourth-order valence-electron chi connectivity index (χ4n) is 2.44. The molecule has 1 aliphatic rings. The minimum atomic E-state index is -0.169. The Morgan fingerprint density at radius 2 is 2.20 bits per heavy atom. The quantitative estimate of drug-likeness (QED) is 0.937. The maximum atomic E-state index is 9.60. The summed E-state index contributed by atoms with van der Waals surface area (Å²) >= 11 is 6.08. The van der Waals surface area contributed by atoms with E-state index in [1.165, 1.54) is 0 Å². The molecule has 106 valence electrons. The Bertz CT molecular complexity index is 636. The molecule has 2 aromatic heterocycles. The molecule has 5 nitrogen and oxygen atoms in total. The molecule has 0 aliphatic heterocycles. The molecule has 2 aromatic rings. The van der Waals surface area contributed by atoms with E-state index < -0.39 is 0 Å². The zero-order valence-corrected chi connectivity index (χ0v) is 12.3. The van der Waals surface area contributed by atoms with E-state index in [9.17, 15) is 5.11 Å². The highest BCUT2D eigenvalue weighted by atomic mass is 35.5.